The number of nitrogens with zero attached hydrogens (tertiary/aromatic N) is 3. The van der Waals surface area contributed by atoms with Crippen molar-refractivity contribution in [3.8, 4) is 33.8 Å². The first-order valence-corrected chi connectivity index (χ1v) is 10.4. The first-order valence-electron chi connectivity index (χ1n) is 10.4. The van der Waals surface area contributed by atoms with Gasteiger partial charge < -0.3 is 0 Å². The molecule has 0 bridgehead atoms. The van der Waals surface area contributed by atoms with Gasteiger partial charge in [-0.3, -0.25) is 4.98 Å². The Balaban J connectivity index is 2.03. The topological polar surface area (TPSA) is 30.1 Å². The van der Waals surface area contributed by atoms with Crippen molar-refractivity contribution >= 4 is 5.69 Å². The molecule has 0 fully saturated rings. The van der Waals surface area contributed by atoms with Crippen molar-refractivity contribution in [1.29, 1.82) is 0 Å². The summed E-state index contributed by atoms with van der Waals surface area (Å²) in [6.07, 6.45) is 1.80. The standard InChI is InChI=1S/C28H25N3/c1-17-10-18(2)13-22(12-17)27-28(23-14-19(3)11-20(4)15-23)31-25(16-30-27)26-21(5)8-7-9-24(26)29-6/h7-16H,1-5H3. The Labute approximate surface area is 184 Å². The van der Waals surface area contributed by atoms with Gasteiger partial charge in [0.25, 0.3) is 0 Å². The third kappa shape index (κ3) is 4.11. The van der Waals surface area contributed by atoms with Crippen LogP contribution in [0.1, 0.15) is 27.8 Å². The molecule has 0 unspecified atom stereocenters. The maximum absolute atomic E-state index is 7.61. The molecule has 0 radical (unpaired) electrons. The van der Waals surface area contributed by atoms with Gasteiger partial charge in [-0.2, -0.15) is 0 Å². The molecule has 0 atom stereocenters. The van der Waals surface area contributed by atoms with Gasteiger partial charge in [0.05, 0.1) is 29.9 Å². The molecule has 0 saturated heterocycles. The Kier molecular flexibility index (Phi) is 5.40. The molecule has 0 N–H and O–H groups in total. The molecule has 4 aromatic rings. The molecule has 0 saturated carbocycles. The van der Waals surface area contributed by atoms with Gasteiger partial charge in [-0.15, -0.1) is 0 Å². The molecule has 0 aliphatic heterocycles. The fraction of sp³-hybridized carbons (Fsp3) is 0.179. The Hall–Kier alpha value is -3.77. The van der Waals surface area contributed by atoms with Crippen molar-refractivity contribution < 1.29 is 0 Å². The van der Waals surface area contributed by atoms with Crippen LogP contribution in [-0.4, -0.2) is 9.97 Å². The first kappa shape index (κ1) is 20.5. The van der Waals surface area contributed by atoms with E-state index < -0.39 is 0 Å². The van der Waals surface area contributed by atoms with Crippen LogP contribution in [0.15, 0.2) is 60.8 Å². The van der Waals surface area contributed by atoms with Crippen LogP contribution < -0.4 is 0 Å². The van der Waals surface area contributed by atoms with Gasteiger partial charge in [-0.05, 0) is 58.9 Å². The fourth-order valence-corrected chi connectivity index (χ4v) is 4.22. The molecule has 0 aliphatic carbocycles. The third-order valence-electron chi connectivity index (χ3n) is 5.39. The summed E-state index contributed by atoms with van der Waals surface area (Å²) in [6.45, 7) is 18.0. The number of hydrogen-bond donors (Lipinski definition) is 0. The molecule has 0 amide bonds. The van der Waals surface area contributed by atoms with Gasteiger partial charge in [0.1, 0.15) is 0 Å². The molecule has 3 nitrogen and oxygen atoms in total. The summed E-state index contributed by atoms with van der Waals surface area (Å²) < 4.78 is 0. The first-order chi connectivity index (χ1) is 14.9. The SMILES string of the molecule is [C-]#[N+]c1cccc(C)c1-c1cnc(-c2cc(C)cc(C)c2)c(-c2cc(C)cc(C)c2)n1. The summed E-state index contributed by atoms with van der Waals surface area (Å²) in [7, 11) is 0. The van der Waals surface area contributed by atoms with E-state index in [1.54, 1.807) is 6.20 Å². The summed E-state index contributed by atoms with van der Waals surface area (Å²) in [5, 5.41) is 0. The lowest BCUT2D eigenvalue weighted by Gasteiger charge is -2.15. The van der Waals surface area contributed by atoms with E-state index >= 15 is 0 Å². The maximum atomic E-state index is 7.61. The molecule has 0 aliphatic rings. The van der Waals surface area contributed by atoms with Gasteiger partial charge in [-0.1, -0.05) is 58.1 Å². The highest BCUT2D eigenvalue weighted by Crippen LogP contribution is 2.36. The lowest BCUT2D eigenvalue weighted by atomic mass is 9.97. The largest absolute Gasteiger partial charge is 0.252 e. The molecule has 31 heavy (non-hydrogen) atoms. The van der Waals surface area contributed by atoms with E-state index in [0.29, 0.717) is 5.69 Å². The molecule has 1 aromatic heterocycles. The number of rotatable bonds is 3. The predicted molar refractivity (Wildman–Crippen MR) is 128 cm³/mol. The minimum absolute atomic E-state index is 0.597. The van der Waals surface area contributed by atoms with Crippen molar-refractivity contribution in [1.82, 2.24) is 9.97 Å². The van der Waals surface area contributed by atoms with E-state index in [1.807, 2.05) is 25.1 Å². The molecular formula is C28H25N3. The summed E-state index contributed by atoms with van der Waals surface area (Å²) >= 11 is 0. The van der Waals surface area contributed by atoms with Crippen molar-refractivity contribution in [2.75, 3.05) is 0 Å². The lowest BCUT2D eigenvalue weighted by Crippen LogP contribution is -1.98. The summed E-state index contributed by atoms with van der Waals surface area (Å²) in [5.41, 5.74) is 11.8. The molecule has 3 aromatic carbocycles. The van der Waals surface area contributed by atoms with Crippen molar-refractivity contribution in [2.45, 2.75) is 34.6 Å². The van der Waals surface area contributed by atoms with Gasteiger partial charge in [0.2, 0.25) is 0 Å². The Morgan fingerprint density at radius 3 is 1.81 bits per heavy atom. The second kappa shape index (κ2) is 8.16. The smallest absolute Gasteiger partial charge is 0.196 e. The lowest BCUT2D eigenvalue weighted by molar-refractivity contribution is 1.20. The Bertz CT molecular complexity index is 1300. The number of aromatic nitrogens is 2. The van der Waals surface area contributed by atoms with Crippen molar-refractivity contribution in [3.05, 3.63) is 100 Å². The van der Waals surface area contributed by atoms with Crippen LogP contribution in [-0.2, 0) is 0 Å². The van der Waals surface area contributed by atoms with Crippen LogP contribution in [0.4, 0.5) is 5.69 Å². The number of hydrogen-bond acceptors (Lipinski definition) is 2. The highest BCUT2D eigenvalue weighted by atomic mass is 14.8. The van der Waals surface area contributed by atoms with Crippen molar-refractivity contribution in [3.63, 3.8) is 0 Å². The second-order valence-corrected chi connectivity index (χ2v) is 8.29. The summed E-state index contributed by atoms with van der Waals surface area (Å²) in [6, 6.07) is 18.7. The zero-order valence-electron chi connectivity index (χ0n) is 18.6. The second-order valence-electron chi connectivity index (χ2n) is 8.29. The fourth-order valence-electron chi connectivity index (χ4n) is 4.22. The normalized spacial score (nSPS) is 10.7. The van der Waals surface area contributed by atoms with E-state index in [0.717, 1.165) is 39.3 Å². The van der Waals surface area contributed by atoms with Gasteiger partial charge >= 0.3 is 0 Å². The van der Waals surface area contributed by atoms with Gasteiger partial charge in [0.15, 0.2) is 5.69 Å². The van der Waals surface area contributed by atoms with Gasteiger partial charge in [-0.25, -0.2) is 9.83 Å². The molecule has 1 heterocycles. The maximum Gasteiger partial charge on any atom is 0.196 e. The van der Waals surface area contributed by atoms with Crippen LogP contribution in [0, 0.1) is 41.2 Å². The number of benzene rings is 3. The van der Waals surface area contributed by atoms with E-state index in [-0.39, 0.29) is 0 Å². The summed E-state index contributed by atoms with van der Waals surface area (Å²) in [4.78, 5) is 13.7. The van der Waals surface area contributed by atoms with E-state index in [1.165, 1.54) is 22.3 Å². The molecular weight excluding hydrogens is 378 g/mol. The Morgan fingerprint density at radius 1 is 0.710 bits per heavy atom. The van der Waals surface area contributed by atoms with Crippen LogP contribution in [0.25, 0.3) is 38.6 Å². The van der Waals surface area contributed by atoms with E-state index in [2.05, 4.69) is 68.9 Å². The van der Waals surface area contributed by atoms with Crippen LogP contribution >= 0.6 is 0 Å². The predicted octanol–water partition coefficient (Wildman–Crippen LogP) is 7.57. The average molecular weight is 404 g/mol. The van der Waals surface area contributed by atoms with Crippen LogP contribution in [0.2, 0.25) is 0 Å². The highest BCUT2D eigenvalue weighted by molar-refractivity contribution is 5.84. The Morgan fingerprint density at radius 2 is 1.26 bits per heavy atom. The third-order valence-corrected chi connectivity index (χ3v) is 5.39. The van der Waals surface area contributed by atoms with Crippen molar-refractivity contribution in [2.24, 2.45) is 0 Å². The minimum atomic E-state index is 0.597. The van der Waals surface area contributed by atoms with Gasteiger partial charge in [0, 0.05) is 16.7 Å². The molecule has 3 heteroatoms. The van der Waals surface area contributed by atoms with Crippen LogP contribution in [0.5, 0.6) is 0 Å². The zero-order valence-corrected chi connectivity index (χ0v) is 18.6. The molecule has 0 spiro atoms. The van der Waals surface area contributed by atoms with E-state index in [9.17, 15) is 0 Å². The van der Waals surface area contributed by atoms with E-state index in [4.69, 9.17) is 16.5 Å². The van der Waals surface area contributed by atoms with Crippen LogP contribution in [0.3, 0.4) is 0 Å². The average Bonchev–Trinajstić information content (AvgIpc) is 2.71. The summed E-state index contributed by atoms with van der Waals surface area (Å²) in [5.74, 6) is 0. The highest BCUT2D eigenvalue weighted by Gasteiger charge is 2.17. The number of aryl methyl sites for hydroxylation is 5. The monoisotopic (exact) mass is 403 g/mol. The minimum Gasteiger partial charge on any atom is -0.252 e. The zero-order chi connectivity index (χ0) is 22.1. The molecule has 152 valence electrons. The molecule has 4 rings (SSSR count). The quantitative estimate of drug-likeness (QED) is 0.330.